The van der Waals surface area contributed by atoms with Crippen LogP contribution in [0.15, 0.2) is 61.2 Å². The molecule has 0 heterocycles. The molecule has 2 aromatic carbocycles. The normalized spacial score (nSPS) is 9.89. The van der Waals surface area contributed by atoms with Gasteiger partial charge in [0.2, 0.25) is 0 Å². The van der Waals surface area contributed by atoms with Crippen molar-refractivity contribution >= 4 is 17.9 Å². The van der Waals surface area contributed by atoms with Crippen molar-refractivity contribution in [3.05, 3.63) is 66.7 Å². The van der Waals surface area contributed by atoms with Gasteiger partial charge in [-0.3, -0.25) is 4.79 Å². The predicted molar refractivity (Wildman–Crippen MR) is 101 cm³/mol. The van der Waals surface area contributed by atoms with Crippen molar-refractivity contribution in [1.29, 1.82) is 0 Å². The topological polar surface area (TPSA) is 88.1 Å². The first-order valence-corrected chi connectivity index (χ1v) is 8.56. The van der Waals surface area contributed by atoms with Crippen LogP contribution in [-0.4, -0.2) is 31.1 Å². The third kappa shape index (κ3) is 6.60. The van der Waals surface area contributed by atoms with E-state index in [0.29, 0.717) is 18.1 Å². The first kappa shape index (κ1) is 20.7. The molecule has 0 aliphatic carbocycles. The average molecular weight is 384 g/mol. The van der Waals surface area contributed by atoms with Crippen molar-refractivity contribution in [3.63, 3.8) is 0 Å². The predicted octanol–water partition coefficient (Wildman–Crippen LogP) is 3.97. The maximum absolute atomic E-state index is 12.2. The van der Waals surface area contributed by atoms with Crippen LogP contribution in [0.1, 0.15) is 23.7 Å². The Bertz CT molecular complexity index is 823. The fourth-order valence-corrected chi connectivity index (χ4v) is 2.06. The van der Waals surface area contributed by atoms with Crippen LogP contribution in [0, 0.1) is 0 Å². The lowest BCUT2D eigenvalue weighted by molar-refractivity contribution is -0.115. The second-order valence-electron chi connectivity index (χ2n) is 5.44. The van der Waals surface area contributed by atoms with Crippen molar-refractivity contribution in [2.75, 3.05) is 13.2 Å². The summed E-state index contributed by atoms with van der Waals surface area (Å²) in [4.78, 5) is 34.7. The fourth-order valence-electron chi connectivity index (χ4n) is 2.06. The van der Waals surface area contributed by atoms with Gasteiger partial charge in [0.1, 0.15) is 23.9 Å². The SMILES string of the molecule is C=CC(=O)CCOC(=O)Oc1ccc(C(=O)Oc2ccc(OCC)cc2)cc1. The molecule has 0 saturated carbocycles. The van der Waals surface area contributed by atoms with Crippen LogP contribution in [0.3, 0.4) is 0 Å². The molecule has 0 N–H and O–H groups in total. The summed E-state index contributed by atoms with van der Waals surface area (Å²) in [7, 11) is 0. The van der Waals surface area contributed by atoms with Gasteiger partial charge < -0.3 is 18.9 Å². The number of allylic oxidation sites excluding steroid dienone is 1. The van der Waals surface area contributed by atoms with Gasteiger partial charge in [-0.2, -0.15) is 0 Å². The van der Waals surface area contributed by atoms with Crippen LogP contribution in [0.25, 0.3) is 0 Å². The number of ether oxygens (including phenoxy) is 4. The van der Waals surface area contributed by atoms with Crippen molar-refractivity contribution in [2.24, 2.45) is 0 Å². The van der Waals surface area contributed by atoms with E-state index in [-0.39, 0.29) is 30.1 Å². The lowest BCUT2D eigenvalue weighted by Gasteiger charge is -2.07. The Morgan fingerprint density at radius 1 is 0.893 bits per heavy atom. The number of carbonyl (C=O) groups excluding carboxylic acids is 3. The van der Waals surface area contributed by atoms with Gasteiger partial charge in [0.25, 0.3) is 0 Å². The summed E-state index contributed by atoms with van der Waals surface area (Å²) in [6.45, 7) is 5.65. The average Bonchev–Trinajstić information content (AvgIpc) is 2.70. The van der Waals surface area contributed by atoms with Gasteiger partial charge >= 0.3 is 12.1 Å². The highest BCUT2D eigenvalue weighted by Gasteiger charge is 2.11. The zero-order chi connectivity index (χ0) is 20.4. The molecule has 28 heavy (non-hydrogen) atoms. The molecule has 0 spiro atoms. The van der Waals surface area contributed by atoms with Crippen molar-refractivity contribution in [2.45, 2.75) is 13.3 Å². The van der Waals surface area contributed by atoms with Gasteiger partial charge in [-0.25, -0.2) is 9.59 Å². The minimum Gasteiger partial charge on any atom is -0.494 e. The fraction of sp³-hybridized carbons (Fsp3) is 0.190. The second-order valence-corrected chi connectivity index (χ2v) is 5.44. The maximum Gasteiger partial charge on any atom is 0.513 e. The van der Waals surface area contributed by atoms with Crippen LogP contribution >= 0.6 is 0 Å². The number of benzene rings is 2. The third-order valence-electron chi connectivity index (χ3n) is 3.43. The molecule has 0 aromatic heterocycles. The van der Waals surface area contributed by atoms with E-state index in [0.717, 1.165) is 6.08 Å². The molecule has 0 atom stereocenters. The van der Waals surface area contributed by atoms with Crippen molar-refractivity contribution in [3.8, 4) is 17.2 Å². The monoisotopic (exact) mass is 384 g/mol. The molecule has 7 nitrogen and oxygen atoms in total. The Hall–Kier alpha value is -3.61. The Morgan fingerprint density at radius 3 is 2.07 bits per heavy atom. The Balaban J connectivity index is 1.85. The Labute approximate surface area is 162 Å². The Morgan fingerprint density at radius 2 is 1.46 bits per heavy atom. The van der Waals surface area contributed by atoms with Crippen molar-refractivity contribution < 1.29 is 33.3 Å². The summed E-state index contributed by atoms with van der Waals surface area (Å²) in [6, 6.07) is 12.5. The summed E-state index contributed by atoms with van der Waals surface area (Å²) in [6.07, 6.45) is 0.246. The van der Waals surface area contributed by atoms with E-state index in [1.807, 2.05) is 6.92 Å². The lowest BCUT2D eigenvalue weighted by atomic mass is 10.2. The molecule has 0 unspecified atom stereocenters. The molecule has 0 bridgehead atoms. The number of esters is 1. The van der Waals surface area contributed by atoms with Crippen LogP contribution < -0.4 is 14.2 Å². The number of ketones is 1. The van der Waals surface area contributed by atoms with Gasteiger partial charge in [0.05, 0.1) is 12.2 Å². The van der Waals surface area contributed by atoms with E-state index in [1.54, 1.807) is 24.3 Å². The summed E-state index contributed by atoms with van der Waals surface area (Å²) >= 11 is 0. The zero-order valence-corrected chi connectivity index (χ0v) is 15.4. The van der Waals surface area contributed by atoms with Gasteiger partial charge in [-0.05, 0) is 61.5 Å². The maximum atomic E-state index is 12.2. The minimum absolute atomic E-state index is 0.0366. The van der Waals surface area contributed by atoms with Gasteiger partial charge in [-0.15, -0.1) is 0 Å². The quantitative estimate of drug-likeness (QED) is 0.280. The highest BCUT2D eigenvalue weighted by Crippen LogP contribution is 2.19. The number of carbonyl (C=O) groups is 3. The van der Waals surface area contributed by atoms with E-state index in [4.69, 9.17) is 18.9 Å². The highest BCUT2D eigenvalue weighted by molar-refractivity contribution is 5.91. The highest BCUT2D eigenvalue weighted by atomic mass is 16.7. The smallest absolute Gasteiger partial charge is 0.494 e. The standard InChI is InChI=1S/C21H20O7/c1-3-16(22)13-14-26-21(24)28-19-7-5-15(6-8-19)20(23)27-18-11-9-17(10-12-18)25-4-2/h3,5-12H,1,4,13-14H2,2H3. The summed E-state index contributed by atoms with van der Waals surface area (Å²) < 4.78 is 20.3. The van der Waals surface area contributed by atoms with E-state index in [2.05, 4.69) is 6.58 Å². The molecule has 146 valence electrons. The molecule has 0 saturated heterocycles. The molecule has 0 aliphatic heterocycles. The largest absolute Gasteiger partial charge is 0.513 e. The summed E-state index contributed by atoms with van der Waals surface area (Å²) in [5, 5.41) is 0. The molecular formula is C21H20O7. The van der Waals surface area contributed by atoms with E-state index >= 15 is 0 Å². The first-order valence-electron chi connectivity index (χ1n) is 8.56. The van der Waals surface area contributed by atoms with Gasteiger partial charge in [0, 0.05) is 6.42 Å². The molecular weight excluding hydrogens is 364 g/mol. The number of hydrogen-bond donors (Lipinski definition) is 0. The Kier molecular flexibility index (Phi) is 7.77. The lowest BCUT2D eigenvalue weighted by Crippen LogP contribution is -2.13. The molecule has 0 fully saturated rings. The van der Waals surface area contributed by atoms with E-state index in [1.165, 1.54) is 24.3 Å². The van der Waals surface area contributed by atoms with E-state index in [9.17, 15) is 14.4 Å². The molecule has 2 aromatic rings. The molecule has 0 radical (unpaired) electrons. The van der Waals surface area contributed by atoms with Crippen LogP contribution in [-0.2, 0) is 9.53 Å². The van der Waals surface area contributed by atoms with Crippen LogP contribution in [0.5, 0.6) is 17.2 Å². The first-order chi connectivity index (χ1) is 13.5. The molecule has 2 rings (SSSR count). The van der Waals surface area contributed by atoms with Crippen LogP contribution in [0.2, 0.25) is 0 Å². The molecule has 0 amide bonds. The summed E-state index contributed by atoms with van der Waals surface area (Å²) in [5.74, 6) is 0.470. The van der Waals surface area contributed by atoms with Gasteiger partial charge in [-0.1, -0.05) is 6.58 Å². The number of rotatable bonds is 9. The summed E-state index contributed by atoms with van der Waals surface area (Å²) in [5.41, 5.74) is 0.284. The number of hydrogen-bond acceptors (Lipinski definition) is 7. The van der Waals surface area contributed by atoms with E-state index < -0.39 is 12.1 Å². The van der Waals surface area contributed by atoms with Crippen LogP contribution in [0.4, 0.5) is 4.79 Å². The van der Waals surface area contributed by atoms with Crippen molar-refractivity contribution in [1.82, 2.24) is 0 Å². The van der Waals surface area contributed by atoms with Gasteiger partial charge in [0.15, 0.2) is 5.78 Å². The molecule has 0 aliphatic rings. The third-order valence-corrected chi connectivity index (χ3v) is 3.43. The minimum atomic E-state index is -0.943. The second kappa shape index (κ2) is 10.5. The molecule has 7 heteroatoms. The zero-order valence-electron chi connectivity index (χ0n) is 15.4.